The van der Waals surface area contributed by atoms with E-state index in [0.29, 0.717) is 0 Å². The quantitative estimate of drug-likeness (QED) is 0.796. The van der Waals surface area contributed by atoms with E-state index in [2.05, 4.69) is 47.3 Å². The Bertz CT molecular complexity index is 267. The summed E-state index contributed by atoms with van der Waals surface area (Å²) in [7, 11) is 6.11. The summed E-state index contributed by atoms with van der Waals surface area (Å²) >= 11 is 0. The van der Waals surface area contributed by atoms with Gasteiger partial charge in [0.15, 0.2) is 0 Å². The molecule has 0 aromatic heterocycles. The predicted molar refractivity (Wildman–Crippen MR) is 77.2 cm³/mol. The maximum absolute atomic E-state index is 6.06. The van der Waals surface area contributed by atoms with Crippen molar-refractivity contribution in [3.63, 3.8) is 0 Å². The van der Waals surface area contributed by atoms with Gasteiger partial charge >= 0.3 is 0 Å². The molecule has 5 heteroatoms. The second-order valence-electron chi connectivity index (χ2n) is 3.55. The SMILES string of the molecule is N[C@H](CCPN(P)P)Cc1ccccc1. The van der Waals surface area contributed by atoms with Gasteiger partial charge in [-0.05, 0) is 33.3 Å². The zero-order valence-corrected chi connectivity index (χ0v) is 12.1. The Kier molecular flexibility index (Phi) is 6.89. The molecule has 0 aliphatic carbocycles. The lowest BCUT2D eigenvalue weighted by atomic mass is 10.1. The van der Waals surface area contributed by atoms with E-state index in [4.69, 9.17) is 5.73 Å². The lowest BCUT2D eigenvalue weighted by Gasteiger charge is -2.13. The fraction of sp³-hybridized carbons (Fsp3) is 0.400. The van der Waals surface area contributed by atoms with Crippen LogP contribution in [0.5, 0.6) is 0 Å². The van der Waals surface area contributed by atoms with Crippen molar-refractivity contribution in [1.29, 1.82) is 0 Å². The molecule has 2 N–H and O–H groups in total. The van der Waals surface area contributed by atoms with Gasteiger partial charge in [-0.25, -0.2) is 0 Å². The normalized spacial score (nSPS) is 13.9. The summed E-state index contributed by atoms with van der Waals surface area (Å²) in [6.45, 7) is 0. The zero-order chi connectivity index (χ0) is 11.1. The molecule has 0 bridgehead atoms. The van der Waals surface area contributed by atoms with E-state index >= 15 is 0 Å². The van der Waals surface area contributed by atoms with Crippen LogP contribution in [0.3, 0.4) is 0 Å². The number of rotatable bonds is 6. The van der Waals surface area contributed by atoms with Gasteiger partial charge in [0.2, 0.25) is 0 Å². The van der Waals surface area contributed by atoms with Gasteiger partial charge in [0, 0.05) is 6.04 Å². The Morgan fingerprint density at radius 1 is 1.27 bits per heavy atom. The van der Waals surface area contributed by atoms with E-state index in [0.717, 1.165) is 21.6 Å². The monoisotopic (exact) mass is 260 g/mol. The van der Waals surface area contributed by atoms with Crippen molar-refractivity contribution in [2.45, 2.75) is 18.9 Å². The first-order valence-corrected chi connectivity index (χ1v) is 7.19. The third kappa shape index (κ3) is 6.56. The molecule has 0 fully saturated rings. The molecule has 0 amide bonds. The van der Waals surface area contributed by atoms with E-state index in [1.807, 2.05) is 6.07 Å². The zero-order valence-electron chi connectivity index (χ0n) is 8.76. The molecule has 0 spiro atoms. The van der Waals surface area contributed by atoms with Gasteiger partial charge in [-0.1, -0.05) is 49.1 Å². The molecule has 1 rings (SSSR count). The third-order valence-corrected chi connectivity index (χ3v) is 4.12. The highest BCUT2D eigenvalue weighted by molar-refractivity contribution is 7.54. The van der Waals surface area contributed by atoms with Gasteiger partial charge in [0.1, 0.15) is 0 Å². The number of hydrogen-bond donors (Lipinski definition) is 1. The molecule has 0 heterocycles. The average molecular weight is 260 g/mol. The first kappa shape index (κ1) is 13.5. The van der Waals surface area contributed by atoms with Crippen LogP contribution < -0.4 is 5.73 Å². The van der Waals surface area contributed by atoms with Crippen molar-refractivity contribution < 1.29 is 0 Å². The molecule has 4 atom stereocenters. The Morgan fingerprint density at radius 3 is 2.53 bits per heavy atom. The second-order valence-corrected chi connectivity index (χ2v) is 7.63. The highest BCUT2D eigenvalue weighted by Crippen LogP contribution is 2.28. The van der Waals surface area contributed by atoms with Crippen LogP contribution in [0.15, 0.2) is 30.3 Å². The van der Waals surface area contributed by atoms with Crippen LogP contribution in [0.1, 0.15) is 12.0 Å². The van der Waals surface area contributed by atoms with Crippen molar-refractivity contribution in [2.24, 2.45) is 5.73 Å². The van der Waals surface area contributed by atoms with E-state index < -0.39 is 0 Å². The van der Waals surface area contributed by atoms with Gasteiger partial charge in [0.05, 0.1) is 0 Å². The summed E-state index contributed by atoms with van der Waals surface area (Å²) < 4.78 is 2.06. The lowest BCUT2D eigenvalue weighted by Crippen LogP contribution is -2.23. The molecule has 1 aromatic carbocycles. The summed E-state index contributed by atoms with van der Waals surface area (Å²) in [6.07, 6.45) is 3.24. The molecule has 0 aliphatic rings. The van der Waals surface area contributed by atoms with Crippen LogP contribution in [-0.2, 0) is 6.42 Å². The van der Waals surface area contributed by atoms with E-state index in [9.17, 15) is 0 Å². The van der Waals surface area contributed by atoms with Crippen molar-refractivity contribution in [3.8, 4) is 0 Å². The summed E-state index contributed by atoms with van der Waals surface area (Å²) in [5.41, 5.74) is 7.40. The lowest BCUT2D eigenvalue weighted by molar-refractivity contribution is 0.650. The Labute approximate surface area is 98.7 Å². The minimum atomic E-state index is 0.287. The fourth-order valence-corrected chi connectivity index (χ4v) is 2.93. The Hall–Kier alpha value is 0.430. The highest BCUT2D eigenvalue weighted by Gasteiger charge is 2.03. The number of nitrogens with zero attached hydrogens (tertiary/aromatic N) is 1. The number of hydrogen-bond acceptors (Lipinski definition) is 2. The topological polar surface area (TPSA) is 29.3 Å². The molecule has 84 valence electrons. The van der Waals surface area contributed by atoms with Gasteiger partial charge in [-0.2, -0.15) is 0 Å². The molecule has 15 heavy (non-hydrogen) atoms. The molecule has 0 saturated carbocycles. The van der Waals surface area contributed by atoms with E-state index in [1.165, 1.54) is 11.7 Å². The predicted octanol–water partition coefficient (Wildman–Crippen LogP) is 2.42. The molecular formula is C10H19N2P3. The third-order valence-electron chi connectivity index (χ3n) is 2.15. The Balaban J connectivity index is 2.21. The molecule has 3 unspecified atom stereocenters. The van der Waals surface area contributed by atoms with Gasteiger partial charge in [-0.3, -0.25) is 4.21 Å². The number of nitrogens with two attached hydrogens (primary N) is 1. The molecule has 0 aliphatic heterocycles. The first-order chi connectivity index (χ1) is 7.18. The van der Waals surface area contributed by atoms with Gasteiger partial charge in [0.25, 0.3) is 0 Å². The van der Waals surface area contributed by atoms with Crippen molar-refractivity contribution in [3.05, 3.63) is 35.9 Å². The number of benzene rings is 1. The van der Waals surface area contributed by atoms with Crippen molar-refractivity contribution >= 4 is 27.5 Å². The van der Waals surface area contributed by atoms with Gasteiger partial charge in [-0.15, -0.1) is 0 Å². The molecule has 0 radical (unpaired) electrons. The standard InChI is InChI=1S/C10H19N2P3/c11-10(6-7-15-12(13)14)8-9-4-2-1-3-5-9/h1-5,10,15H,6-8,11,13-14H2/t10-/m1/s1. The van der Waals surface area contributed by atoms with Crippen LogP contribution in [0.4, 0.5) is 0 Å². The average Bonchev–Trinajstić information content (AvgIpc) is 2.18. The summed E-state index contributed by atoms with van der Waals surface area (Å²) in [4.78, 5) is 0. The first-order valence-electron chi connectivity index (χ1n) is 5.01. The minimum absolute atomic E-state index is 0.287. The highest BCUT2D eigenvalue weighted by atomic mass is 31.2. The summed E-state index contributed by atoms with van der Waals surface area (Å²) in [5, 5.41) is 0. The van der Waals surface area contributed by atoms with Gasteiger partial charge < -0.3 is 5.73 Å². The minimum Gasteiger partial charge on any atom is -0.327 e. The van der Waals surface area contributed by atoms with Crippen LogP contribution in [0, 0.1) is 0 Å². The molecule has 0 saturated heterocycles. The maximum atomic E-state index is 6.06. The molecule has 2 nitrogen and oxygen atoms in total. The van der Waals surface area contributed by atoms with Crippen LogP contribution >= 0.6 is 27.5 Å². The van der Waals surface area contributed by atoms with E-state index in [-0.39, 0.29) is 6.04 Å². The maximum Gasteiger partial charge on any atom is 0.00830 e. The molecule has 1 aromatic rings. The fourth-order valence-electron chi connectivity index (χ4n) is 1.40. The van der Waals surface area contributed by atoms with Crippen LogP contribution in [0.2, 0.25) is 0 Å². The molecular weight excluding hydrogens is 241 g/mol. The summed E-state index contributed by atoms with van der Waals surface area (Å²) in [5.74, 6) is 0. The summed E-state index contributed by atoms with van der Waals surface area (Å²) in [6, 6.07) is 10.7. The largest absolute Gasteiger partial charge is 0.327 e. The second kappa shape index (κ2) is 7.66. The van der Waals surface area contributed by atoms with Crippen LogP contribution in [-0.4, -0.2) is 16.4 Å². The smallest absolute Gasteiger partial charge is 0.00830 e. The Morgan fingerprint density at radius 2 is 1.93 bits per heavy atom. The van der Waals surface area contributed by atoms with E-state index in [1.54, 1.807) is 0 Å². The van der Waals surface area contributed by atoms with Crippen LogP contribution in [0.25, 0.3) is 0 Å². The van der Waals surface area contributed by atoms with Crippen molar-refractivity contribution in [1.82, 2.24) is 4.21 Å². The van der Waals surface area contributed by atoms with Crippen molar-refractivity contribution in [2.75, 3.05) is 6.16 Å².